The van der Waals surface area contributed by atoms with Crippen LogP contribution >= 0.6 is 0 Å². The van der Waals surface area contributed by atoms with E-state index in [9.17, 15) is 0 Å². The van der Waals surface area contributed by atoms with E-state index < -0.39 is 0 Å². The van der Waals surface area contributed by atoms with Crippen LogP contribution in [0.1, 0.15) is 0 Å². The van der Waals surface area contributed by atoms with Gasteiger partial charge in [0.2, 0.25) is 0 Å². The summed E-state index contributed by atoms with van der Waals surface area (Å²) in [6, 6.07) is 170. The van der Waals surface area contributed by atoms with Crippen LogP contribution in [0.3, 0.4) is 0 Å². The molecule has 0 fully saturated rings. The monoisotopic (exact) mass is 1760 g/mol. The van der Waals surface area contributed by atoms with Crippen LogP contribution in [0.2, 0.25) is 0 Å². The molecule has 0 radical (unpaired) electrons. The first-order valence-electron chi connectivity index (χ1n) is 46.5. The Morgan fingerprint density at radius 3 is 0.616 bits per heavy atom. The molecule has 9 aromatic heterocycles. The predicted octanol–water partition coefficient (Wildman–Crippen LogP) is 31.1. The van der Waals surface area contributed by atoms with Gasteiger partial charge in [-0.1, -0.05) is 328 Å². The van der Waals surface area contributed by atoms with Crippen molar-refractivity contribution < 1.29 is 0 Å². The minimum Gasteiger partial charge on any atom is -0.309 e. The Balaban J connectivity index is 0.000000108. The van der Waals surface area contributed by atoms with Crippen molar-refractivity contribution in [2.45, 2.75) is 0 Å². The van der Waals surface area contributed by atoms with Crippen molar-refractivity contribution in [2.24, 2.45) is 0 Å². The summed E-state index contributed by atoms with van der Waals surface area (Å²) >= 11 is 0. The summed E-state index contributed by atoms with van der Waals surface area (Å²) in [7, 11) is 0. The average Bonchev–Trinajstić information content (AvgIpc) is 1.56. The lowest BCUT2D eigenvalue weighted by Crippen LogP contribution is -2.01. The van der Waals surface area contributed by atoms with Gasteiger partial charge in [-0.25, -0.2) is 29.9 Å². The first-order valence-corrected chi connectivity index (χ1v) is 46.5. The number of fused-ring (bicyclic) bond motifs is 18. The number of rotatable bonds is 13. The van der Waals surface area contributed by atoms with E-state index in [0.29, 0.717) is 34.9 Å². The molecule has 646 valence electrons. The van der Waals surface area contributed by atoms with Crippen LogP contribution in [0, 0.1) is 0 Å². The van der Waals surface area contributed by atoms with Crippen molar-refractivity contribution in [3.8, 4) is 114 Å². The summed E-state index contributed by atoms with van der Waals surface area (Å²) in [4.78, 5) is 34.6. The standard InChI is InChI=1S/2C45H29N5.C35H23N3/c1-4-15-30(16-5-1)43-46-44(31-17-6-2-7-18-31)48-45(47-43)32-19-14-22-34(27-32)50-40-26-13-11-24-36(40)38-28-37-35-23-10-12-25-39(35)49(41(37)29-42(38)50)33-20-8-3-9-21-33;1-4-14-30(15-5-1)43-46-44(31-16-6-2-7-17-31)48-45(47-43)32-24-26-34(27-25-32)50-40-23-13-11-21-36(40)38-28-37-35-20-10-12-22-39(35)49(41(37)29-42(38)50)33-18-8-3-9-19-33;1-3-11-24(12-4-1)31-20-19-26(23-36-31)38-33-18-10-8-16-28(33)30-21-29-27-15-7-9-17-32(27)37(34(29)22-35(30)38)25-13-5-2-6-14-25/h2*1-29H;1-23H. The third-order valence-electron chi connectivity index (χ3n) is 26.7. The van der Waals surface area contributed by atoms with Crippen molar-refractivity contribution in [3.63, 3.8) is 0 Å². The zero-order valence-electron chi connectivity index (χ0n) is 74.6. The van der Waals surface area contributed by atoms with Crippen molar-refractivity contribution in [1.29, 1.82) is 0 Å². The highest BCUT2D eigenvalue weighted by molar-refractivity contribution is 6.23. The third kappa shape index (κ3) is 13.9. The van der Waals surface area contributed by atoms with Gasteiger partial charge >= 0.3 is 0 Å². The van der Waals surface area contributed by atoms with Gasteiger partial charge in [0.25, 0.3) is 0 Å². The van der Waals surface area contributed by atoms with Crippen LogP contribution in [-0.2, 0) is 0 Å². The van der Waals surface area contributed by atoms with Gasteiger partial charge in [0, 0.05) is 132 Å². The molecule has 13 nitrogen and oxygen atoms in total. The molecule has 9 heterocycles. The fourth-order valence-corrected chi connectivity index (χ4v) is 20.4. The summed E-state index contributed by atoms with van der Waals surface area (Å²) in [6.07, 6.45) is 1.99. The first-order chi connectivity index (χ1) is 68.5. The van der Waals surface area contributed by atoms with E-state index in [1.165, 1.54) is 109 Å². The molecule has 0 bridgehead atoms. The van der Waals surface area contributed by atoms with E-state index in [0.717, 1.165) is 101 Å². The molecule has 19 aromatic carbocycles. The van der Waals surface area contributed by atoms with Crippen LogP contribution < -0.4 is 0 Å². The van der Waals surface area contributed by atoms with Gasteiger partial charge in [0.15, 0.2) is 34.9 Å². The predicted molar refractivity (Wildman–Crippen MR) is 568 cm³/mol. The molecule has 0 atom stereocenters. The lowest BCUT2D eigenvalue weighted by atomic mass is 10.1. The second-order valence-corrected chi connectivity index (χ2v) is 34.7. The van der Waals surface area contributed by atoms with Gasteiger partial charge < -0.3 is 27.4 Å². The Morgan fingerprint density at radius 2 is 0.333 bits per heavy atom. The van der Waals surface area contributed by atoms with Gasteiger partial charge in [-0.05, 0) is 158 Å². The van der Waals surface area contributed by atoms with E-state index in [1.54, 1.807) is 0 Å². The Morgan fingerprint density at radius 1 is 0.123 bits per heavy atom. The molecule has 0 N–H and O–H groups in total. The van der Waals surface area contributed by atoms with Gasteiger partial charge in [-0.15, -0.1) is 0 Å². The zero-order chi connectivity index (χ0) is 91.1. The Kier molecular flexibility index (Phi) is 19.6. The van der Waals surface area contributed by atoms with Gasteiger partial charge in [-0.3, -0.25) is 4.98 Å². The van der Waals surface area contributed by atoms with Crippen LogP contribution in [0.4, 0.5) is 0 Å². The molecule has 13 heteroatoms. The third-order valence-corrected chi connectivity index (χ3v) is 26.7. The van der Waals surface area contributed by atoms with Crippen LogP contribution in [0.5, 0.6) is 0 Å². The van der Waals surface area contributed by atoms with Gasteiger partial charge in [0.1, 0.15) is 0 Å². The van der Waals surface area contributed by atoms with Crippen molar-refractivity contribution in [2.75, 3.05) is 0 Å². The molecular formula is C125H81N13. The Labute approximate surface area is 793 Å². The van der Waals surface area contributed by atoms with Crippen LogP contribution in [0.25, 0.3) is 245 Å². The van der Waals surface area contributed by atoms with Crippen molar-refractivity contribution in [3.05, 3.63) is 492 Å². The highest BCUT2D eigenvalue weighted by Crippen LogP contribution is 2.46. The van der Waals surface area contributed by atoms with Crippen molar-refractivity contribution >= 4 is 131 Å². The van der Waals surface area contributed by atoms with Gasteiger partial charge in [-0.2, -0.15) is 0 Å². The molecule has 0 aliphatic heterocycles. The van der Waals surface area contributed by atoms with Crippen LogP contribution in [-0.4, -0.2) is 62.3 Å². The fraction of sp³-hybridized carbons (Fsp3) is 0. The van der Waals surface area contributed by atoms with E-state index >= 15 is 0 Å². The SMILES string of the molecule is c1ccc(-c2ccc(-n3c4ccccc4c4cc5c6ccccc6n(-c6ccccc6)c5cc43)cn2)cc1.c1ccc(-c2nc(-c3ccccc3)nc(-c3ccc(-n4c5ccccc5c5cc6c7ccccc7n(-c7ccccc7)c6cc54)cc3)n2)cc1.c1ccc(-c2nc(-c3ccccc3)nc(-c3cccc(-n4c5ccccc5c5cc6c7ccccc7n(-c7ccccc7)c6cc54)c3)n2)cc1. The molecule has 0 aliphatic rings. The maximum absolute atomic E-state index is 5.02. The summed E-state index contributed by atoms with van der Waals surface area (Å²) in [5, 5.41) is 14.9. The summed E-state index contributed by atoms with van der Waals surface area (Å²) in [5.41, 5.74) is 28.5. The lowest BCUT2D eigenvalue weighted by Gasteiger charge is -2.12. The number of benzene rings is 19. The van der Waals surface area contributed by atoms with Gasteiger partial charge in [0.05, 0.1) is 83.8 Å². The minimum absolute atomic E-state index is 0.631. The number of hydrogen-bond acceptors (Lipinski definition) is 7. The second kappa shape index (κ2) is 33.8. The normalized spacial score (nSPS) is 11.6. The fourth-order valence-electron chi connectivity index (χ4n) is 20.4. The molecule has 0 saturated heterocycles. The molecule has 0 aliphatic carbocycles. The smallest absolute Gasteiger partial charge is 0.164 e. The quantitative estimate of drug-likeness (QED) is 0.113. The van der Waals surface area contributed by atoms with Crippen LogP contribution in [0.15, 0.2) is 492 Å². The topological polar surface area (TPSA) is 120 Å². The number of pyridine rings is 1. The van der Waals surface area contributed by atoms with E-state index in [2.05, 4.69) is 385 Å². The van der Waals surface area contributed by atoms with Crippen molar-refractivity contribution in [1.82, 2.24) is 62.3 Å². The number of hydrogen-bond donors (Lipinski definition) is 0. The Hall–Kier alpha value is -18.9. The summed E-state index contributed by atoms with van der Waals surface area (Å²) < 4.78 is 14.2. The maximum atomic E-state index is 5.02. The molecular weight excluding hydrogens is 1680 g/mol. The molecule has 0 unspecified atom stereocenters. The summed E-state index contributed by atoms with van der Waals surface area (Å²) in [5.74, 6) is 3.87. The molecule has 28 aromatic rings. The average molecular weight is 1770 g/mol. The van der Waals surface area contributed by atoms with E-state index in [4.69, 9.17) is 34.9 Å². The zero-order valence-corrected chi connectivity index (χ0v) is 74.6. The van der Waals surface area contributed by atoms with E-state index in [1.807, 2.05) is 134 Å². The Bertz CT molecular complexity index is 9410. The largest absolute Gasteiger partial charge is 0.309 e. The number of nitrogens with zero attached hydrogens (tertiary/aromatic N) is 13. The molecule has 0 amide bonds. The molecule has 138 heavy (non-hydrogen) atoms. The maximum Gasteiger partial charge on any atom is 0.164 e. The highest BCUT2D eigenvalue weighted by atomic mass is 15.1. The summed E-state index contributed by atoms with van der Waals surface area (Å²) in [6.45, 7) is 0. The molecule has 28 rings (SSSR count). The minimum atomic E-state index is 0.631. The molecule has 0 spiro atoms. The highest BCUT2D eigenvalue weighted by Gasteiger charge is 2.25. The molecule has 0 saturated carbocycles. The number of aromatic nitrogens is 13. The first kappa shape index (κ1) is 80.0. The van der Waals surface area contributed by atoms with E-state index in [-0.39, 0.29) is 0 Å². The second-order valence-electron chi connectivity index (χ2n) is 34.7. The number of para-hydroxylation sites is 9. The lowest BCUT2D eigenvalue weighted by molar-refractivity contribution is 1.07.